The van der Waals surface area contributed by atoms with Crippen LogP contribution in [-0.4, -0.2) is 53.2 Å². The van der Waals surface area contributed by atoms with Crippen molar-refractivity contribution in [2.75, 3.05) is 18.4 Å². The molecule has 3 unspecified atom stereocenters. The molecule has 1 fully saturated rings. The number of carbonyl (C=O) groups excluding carboxylic acids is 1. The maximum absolute atomic E-state index is 13.0. The lowest BCUT2D eigenvalue weighted by atomic mass is 9.99. The van der Waals surface area contributed by atoms with Gasteiger partial charge in [-0.3, -0.25) is 14.5 Å². The summed E-state index contributed by atoms with van der Waals surface area (Å²) in [6.45, 7) is 9.64. The van der Waals surface area contributed by atoms with Crippen LogP contribution in [-0.2, 0) is 20.7 Å². The second-order valence-electron chi connectivity index (χ2n) is 7.48. The lowest BCUT2D eigenvalue weighted by molar-refractivity contribution is -0.137. The van der Waals surface area contributed by atoms with E-state index in [-0.39, 0.29) is 36.5 Å². The van der Waals surface area contributed by atoms with Gasteiger partial charge in [0.15, 0.2) is 0 Å². The van der Waals surface area contributed by atoms with Crippen LogP contribution < -0.4 is 5.32 Å². The molecule has 0 radical (unpaired) electrons. The Bertz CT molecular complexity index is 622. The Kier molecular flexibility index (Phi) is 7.17. The smallest absolute Gasteiger partial charge is 0.303 e. The molecular weight excluding hydrogens is 332 g/mol. The first-order valence-electron chi connectivity index (χ1n) is 9.27. The first-order chi connectivity index (χ1) is 12.3. The van der Waals surface area contributed by atoms with E-state index in [0.29, 0.717) is 12.1 Å². The van der Waals surface area contributed by atoms with E-state index < -0.39 is 5.97 Å². The molecule has 0 bridgehead atoms. The van der Waals surface area contributed by atoms with E-state index in [4.69, 9.17) is 9.84 Å². The normalized spacial score (nSPS) is 22.2. The van der Waals surface area contributed by atoms with Crippen molar-refractivity contribution in [1.29, 1.82) is 0 Å². The fraction of sp³-hybridized carbons (Fsp3) is 0.600. The standard InChI is InChI=1S/C20H30N2O4/c1-13(2)19(22-11-14(3)26-15(4)12-22)20(25)21-17-7-5-6-16(10-17)8-9-18(23)24/h5-7,10,13-15,19H,8-9,11-12H2,1-4H3,(H,21,25)(H,23,24). The Morgan fingerprint density at radius 1 is 1.27 bits per heavy atom. The van der Waals surface area contributed by atoms with Crippen LogP contribution in [0, 0.1) is 5.92 Å². The van der Waals surface area contributed by atoms with Gasteiger partial charge in [-0.25, -0.2) is 0 Å². The minimum Gasteiger partial charge on any atom is -0.481 e. The summed E-state index contributed by atoms with van der Waals surface area (Å²) < 4.78 is 5.78. The molecule has 1 heterocycles. The molecule has 1 aromatic rings. The van der Waals surface area contributed by atoms with Gasteiger partial charge in [0, 0.05) is 25.2 Å². The fourth-order valence-corrected chi connectivity index (χ4v) is 3.61. The highest BCUT2D eigenvalue weighted by molar-refractivity contribution is 5.95. The molecule has 1 aromatic carbocycles. The summed E-state index contributed by atoms with van der Waals surface area (Å²) in [5.41, 5.74) is 1.61. The van der Waals surface area contributed by atoms with Crippen molar-refractivity contribution in [1.82, 2.24) is 4.90 Å². The SMILES string of the molecule is CC1CN(C(C(=O)Nc2cccc(CCC(=O)O)c2)C(C)C)CC(C)O1. The van der Waals surface area contributed by atoms with Crippen molar-refractivity contribution in [2.24, 2.45) is 5.92 Å². The number of ether oxygens (including phenoxy) is 1. The minimum absolute atomic E-state index is 0.0308. The Morgan fingerprint density at radius 2 is 1.92 bits per heavy atom. The van der Waals surface area contributed by atoms with Crippen molar-refractivity contribution in [3.05, 3.63) is 29.8 Å². The third-order valence-corrected chi connectivity index (χ3v) is 4.56. The number of rotatable bonds is 7. The highest BCUT2D eigenvalue weighted by atomic mass is 16.5. The third kappa shape index (κ3) is 5.81. The van der Waals surface area contributed by atoms with E-state index in [2.05, 4.69) is 24.1 Å². The molecular formula is C20H30N2O4. The zero-order valence-electron chi connectivity index (χ0n) is 16.1. The van der Waals surface area contributed by atoms with Crippen molar-refractivity contribution in [3.8, 4) is 0 Å². The van der Waals surface area contributed by atoms with Crippen LogP contribution in [0.5, 0.6) is 0 Å². The van der Waals surface area contributed by atoms with Crippen molar-refractivity contribution < 1.29 is 19.4 Å². The van der Waals surface area contributed by atoms with E-state index in [1.54, 1.807) is 0 Å². The van der Waals surface area contributed by atoms with Gasteiger partial charge < -0.3 is 15.2 Å². The summed E-state index contributed by atoms with van der Waals surface area (Å²) in [5.74, 6) is -0.686. The molecule has 0 saturated carbocycles. The van der Waals surface area contributed by atoms with E-state index in [0.717, 1.165) is 18.7 Å². The number of morpholine rings is 1. The quantitative estimate of drug-likeness (QED) is 0.780. The molecule has 2 rings (SSSR count). The molecule has 1 amide bonds. The Hall–Kier alpha value is -1.92. The number of aliphatic carboxylic acids is 1. The maximum Gasteiger partial charge on any atom is 0.303 e. The minimum atomic E-state index is -0.824. The molecule has 2 N–H and O–H groups in total. The molecule has 6 heteroatoms. The van der Waals surface area contributed by atoms with Crippen molar-refractivity contribution >= 4 is 17.6 Å². The number of hydrogen-bond donors (Lipinski definition) is 2. The number of benzene rings is 1. The van der Waals surface area contributed by atoms with Crippen LogP contribution in [0.1, 0.15) is 39.7 Å². The van der Waals surface area contributed by atoms with Gasteiger partial charge in [-0.1, -0.05) is 26.0 Å². The van der Waals surface area contributed by atoms with Gasteiger partial charge in [0.1, 0.15) is 0 Å². The summed E-state index contributed by atoms with van der Waals surface area (Å²) in [6.07, 6.45) is 0.736. The molecule has 1 aliphatic rings. The zero-order valence-corrected chi connectivity index (χ0v) is 16.1. The fourth-order valence-electron chi connectivity index (χ4n) is 3.61. The predicted molar refractivity (Wildman–Crippen MR) is 101 cm³/mol. The summed E-state index contributed by atoms with van der Waals surface area (Å²) in [6, 6.07) is 7.18. The second-order valence-corrected chi connectivity index (χ2v) is 7.48. The average Bonchev–Trinajstić information content (AvgIpc) is 2.52. The van der Waals surface area contributed by atoms with Gasteiger partial charge >= 0.3 is 5.97 Å². The van der Waals surface area contributed by atoms with E-state index in [1.807, 2.05) is 38.1 Å². The number of carboxylic acids is 1. The molecule has 26 heavy (non-hydrogen) atoms. The Labute approximate surface area is 155 Å². The van der Waals surface area contributed by atoms with E-state index in [9.17, 15) is 9.59 Å². The Morgan fingerprint density at radius 3 is 2.50 bits per heavy atom. The van der Waals surface area contributed by atoms with Crippen molar-refractivity contribution in [3.63, 3.8) is 0 Å². The first-order valence-corrected chi connectivity index (χ1v) is 9.27. The molecule has 1 saturated heterocycles. The lowest BCUT2D eigenvalue weighted by Gasteiger charge is -2.41. The van der Waals surface area contributed by atoms with E-state index >= 15 is 0 Å². The lowest BCUT2D eigenvalue weighted by Crippen LogP contribution is -2.55. The van der Waals surface area contributed by atoms with Gasteiger partial charge in [-0.15, -0.1) is 0 Å². The predicted octanol–water partition coefficient (Wildman–Crippen LogP) is 2.78. The number of nitrogens with one attached hydrogen (secondary N) is 1. The number of aryl methyl sites for hydroxylation is 1. The number of anilines is 1. The highest BCUT2D eigenvalue weighted by Crippen LogP contribution is 2.21. The summed E-state index contributed by atoms with van der Waals surface area (Å²) in [5, 5.41) is 11.8. The highest BCUT2D eigenvalue weighted by Gasteiger charge is 2.34. The number of hydrogen-bond acceptors (Lipinski definition) is 4. The van der Waals surface area contributed by atoms with Gasteiger partial charge in [0.25, 0.3) is 0 Å². The van der Waals surface area contributed by atoms with Crippen LogP contribution in [0.4, 0.5) is 5.69 Å². The molecule has 3 atom stereocenters. The molecule has 0 spiro atoms. The van der Waals surface area contributed by atoms with Crippen molar-refractivity contribution in [2.45, 2.75) is 58.8 Å². The summed E-state index contributed by atoms with van der Waals surface area (Å²) >= 11 is 0. The molecule has 0 aliphatic carbocycles. The molecule has 144 valence electrons. The van der Waals surface area contributed by atoms with Gasteiger partial charge in [0.2, 0.25) is 5.91 Å². The largest absolute Gasteiger partial charge is 0.481 e. The van der Waals surface area contributed by atoms with Crippen LogP contribution in [0.25, 0.3) is 0 Å². The zero-order chi connectivity index (χ0) is 19.3. The average molecular weight is 362 g/mol. The van der Waals surface area contributed by atoms with E-state index in [1.165, 1.54) is 0 Å². The number of carboxylic acid groups (broad SMARTS) is 1. The first kappa shape index (κ1) is 20.4. The Balaban J connectivity index is 2.08. The van der Waals surface area contributed by atoms with Crippen LogP contribution in [0.3, 0.4) is 0 Å². The maximum atomic E-state index is 13.0. The van der Waals surface area contributed by atoms with Gasteiger partial charge in [-0.05, 0) is 43.9 Å². The van der Waals surface area contributed by atoms with Gasteiger partial charge in [-0.2, -0.15) is 0 Å². The molecule has 6 nitrogen and oxygen atoms in total. The summed E-state index contributed by atoms with van der Waals surface area (Å²) in [7, 11) is 0. The topological polar surface area (TPSA) is 78.9 Å². The van der Waals surface area contributed by atoms with Crippen LogP contribution in [0.15, 0.2) is 24.3 Å². The summed E-state index contributed by atoms with van der Waals surface area (Å²) in [4.78, 5) is 25.9. The third-order valence-electron chi connectivity index (χ3n) is 4.56. The van der Waals surface area contributed by atoms with Crippen LogP contribution in [0.2, 0.25) is 0 Å². The molecule has 1 aliphatic heterocycles. The van der Waals surface area contributed by atoms with Gasteiger partial charge in [0.05, 0.1) is 18.2 Å². The second kappa shape index (κ2) is 9.14. The number of amides is 1. The number of nitrogens with zero attached hydrogens (tertiary/aromatic N) is 1. The number of carbonyl (C=O) groups is 2. The molecule has 0 aromatic heterocycles. The monoisotopic (exact) mass is 362 g/mol. The van der Waals surface area contributed by atoms with Crippen LogP contribution >= 0.6 is 0 Å².